The molecule has 6 N–H and O–H groups in total. The van der Waals surface area contributed by atoms with Gasteiger partial charge in [0.05, 0.1) is 32.0 Å². The lowest BCUT2D eigenvalue weighted by atomic mass is 9.75. The number of hydrogen-bond donors (Lipinski definition) is 6. The molecular formula is C43H38F12N2O10S. The predicted octanol–water partition coefficient (Wildman–Crippen LogP) is 9.51. The third-order valence-electron chi connectivity index (χ3n) is 10.5. The molecule has 25 heteroatoms. The Labute approximate surface area is 377 Å². The van der Waals surface area contributed by atoms with E-state index in [1.807, 2.05) is 0 Å². The second-order valence-electron chi connectivity index (χ2n) is 16.7. The van der Waals surface area contributed by atoms with E-state index >= 15 is 0 Å². The average Bonchev–Trinajstić information content (AvgIpc) is 3.17. The summed E-state index contributed by atoms with van der Waals surface area (Å²) in [5.41, 5.74) is -26.6. The first-order chi connectivity index (χ1) is 30.5. The van der Waals surface area contributed by atoms with Gasteiger partial charge >= 0.3 is 36.6 Å². The number of aryl methyl sites for hydroxylation is 2. The van der Waals surface area contributed by atoms with Gasteiger partial charge in [0.1, 0.15) is 0 Å². The zero-order valence-corrected chi connectivity index (χ0v) is 36.8. The van der Waals surface area contributed by atoms with E-state index in [-0.39, 0.29) is 17.7 Å². The van der Waals surface area contributed by atoms with E-state index in [2.05, 4.69) is 5.32 Å². The Balaban J connectivity index is 2.01. The lowest BCUT2D eigenvalue weighted by molar-refractivity contribution is -0.376. The van der Waals surface area contributed by atoms with E-state index in [1.165, 1.54) is 13.8 Å². The number of carbonyl (C=O) groups excluding carboxylic acids is 2. The number of benzene rings is 4. The largest absolute Gasteiger partial charge is 0.478 e. The molecule has 4 aromatic carbocycles. The molecule has 0 spiro atoms. The van der Waals surface area contributed by atoms with Gasteiger partial charge in [-0.1, -0.05) is 26.8 Å². The molecule has 68 heavy (non-hydrogen) atoms. The zero-order valence-electron chi connectivity index (χ0n) is 36.0. The summed E-state index contributed by atoms with van der Waals surface area (Å²) in [5.74, 6) is -6.70. The van der Waals surface area contributed by atoms with Crippen LogP contribution in [0, 0.1) is 13.8 Å². The maximum Gasteiger partial charge on any atom is 0.430 e. The van der Waals surface area contributed by atoms with Gasteiger partial charge in [0.25, 0.3) is 23.0 Å². The predicted molar refractivity (Wildman–Crippen MR) is 215 cm³/mol. The van der Waals surface area contributed by atoms with Crippen LogP contribution in [0.25, 0.3) is 11.1 Å². The summed E-state index contributed by atoms with van der Waals surface area (Å²) in [7, 11) is -4.97. The fraction of sp³-hybridized carbons (Fsp3) is 0.349. The Hall–Kier alpha value is -6.21. The number of amides is 2. The third-order valence-corrected chi connectivity index (χ3v) is 12.2. The number of carboxylic acids is 2. The van der Waals surface area contributed by atoms with Crippen molar-refractivity contribution in [2.24, 2.45) is 0 Å². The van der Waals surface area contributed by atoms with Crippen LogP contribution >= 0.6 is 0 Å². The third kappa shape index (κ3) is 9.72. The number of alkyl halides is 12. The highest BCUT2D eigenvalue weighted by atomic mass is 32.2. The molecule has 0 aromatic heterocycles. The van der Waals surface area contributed by atoms with E-state index in [1.54, 1.807) is 5.32 Å². The topological polar surface area (TPSA) is 207 Å². The Morgan fingerprint density at radius 1 is 0.529 bits per heavy atom. The minimum Gasteiger partial charge on any atom is -0.478 e. The quantitative estimate of drug-likeness (QED) is 0.0785. The van der Waals surface area contributed by atoms with Gasteiger partial charge in [-0.05, 0) is 116 Å². The van der Waals surface area contributed by atoms with Crippen LogP contribution < -0.4 is 10.6 Å². The molecule has 0 heterocycles. The number of sulfone groups is 1. The van der Waals surface area contributed by atoms with E-state index in [0.29, 0.717) is 36.4 Å². The summed E-state index contributed by atoms with van der Waals surface area (Å²) >= 11 is 0. The Morgan fingerprint density at radius 3 is 1.26 bits per heavy atom. The second-order valence-corrected chi connectivity index (χ2v) is 18.6. The van der Waals surface area contributed by atoms with Gasteiger partial charge in [0.15, 0.2) is 0 Å². The molecule has 4 rings (SSSR count). The van der Waals surface area contributed by atoms with Crippen LogP contribution in [0.5, 0.6) is 0 Å². The molecule has 0 atom stereocenters. The van der Waals surface area contributed by atoms with Gasteiger partial charge < -0.3 is 31.1 Å². The molecule has 2 amide bonds. The first kappa shape index (κ1) is 54.4. The number of halogens is 12. The Kier molecular flexibility index (Phi) is 14.2. The van der Waals surface area contributed by atoms with Crippen molar-refractivity contribution in [2.75, 3.05) is 5.32 Å². The van der Waals surface area contributed by atoms with Gasteiger partial charge in [-0.25, -0.2) is 18.0 Å². The van der Waals surface area contributed by atoms with Gasteiger partial charge in [-0.3, -0.25) is 9.59 Å². The summed E-state index contributed by atoms with van der Waals surface area (Å²) in [6.07, 6.45) is -26.6. The maximum atomic E-state index is 14.6. The molecule has 12 nitrogen and oxygen atoms in total. The fourth-order valence-corrected chi connectivity index (χ4v) is 8.36. The highest BCUT2D eigenvalue weighted by Gasteiger charge is 2.73. The lowest BCUT2D eigenvalue weighted by Gasteiger charge is -2.37. The summed E-state index contributed by atoms with van der Waals surface area (Å²) in [6.45, 7) is 8.36. The number of aromatic carboxylic acids is 2. The standard InChI is InChI=1S/C43H38F12N2O10S/c1-18(2)56-33(58)23-10-8-21(14-27(23)35(60)61)68(66,67)22-9-11-24(28(15-22)36(62)63)34(59)57-32-13-20(4)26(17-31(32)39(65,42(50,51)52)43(53,54)55)25-16-30(29(12-19(25)3)37(5,6)7)38(64,40(44,45)46)41(47,48)49/h8-18,64-65H,1-7H3,(H,56,58)(H,57,59)(H,60,61)(H,62,63). The molecule has 0 aliphatic carbocycles. The van der Waals surface area contributed by atoms with Crippen LogP contribution in [-0.4, -0.2) is 83.3 Å². The summed E-state index contributed by atoms with van der Waals surface area (Å²) in [5, 5.41) is 44.9. The number of anilines is 1. The van der Waals surface area contributed by atoms with Crippen LogP contribution in [0.15, 0.2) is 70.5 Å². The molecule has 0 fully saturated rings. The first-order valence-corrected chi connectivity index (χ1v) is 20.7. The summed E-state index contributed by atoms with van der Waals surface area (Å²) in [6, 6.07) is 3.88. The highest BCUT2D eigenvalue weighted by molar-refractivity contribution is 7.91. The van der Waals surface area contributed by atoms with Crippen molar-refractivity contribution < 1.29 is 101 Å². The van der Waals surface area contributed by atoms with Crippen molar-refractivity contribution in [3.05, 3.63) is 111 Å². The molecule has 370 valence electrons. The first-order valence-electron chi connectivity index (χ1n) is 19.2. The Morgan fingerprint density at radius 2 is 0.897 bits per heavy atom. The van der Waals surface area contributed by atoms with Crippen LogP contribution in [0.2, 0.25) is 0 Å². The van der Waals surface area contributed by atoms with E-state index < -0.39 is 152 Å². The van der Waals surface area contributed by atoms with Crippen LogP contribution in [0.1, 0.15) is 104 Å². The van der Waals surface area contributed by atoms with Crippen molar-refractivity contribution in [1.82, 2.24) is 5.32 Å². The van der Waals surface area contributed by atoms with Gasteiger partial charge in [0.2, 0.25) is 9.84 Å². The smallest absolute Gasteiger partial charge is 0.430 e. The van der Waals surface area contributed by atoms with E-state index in [4.69, 9.17) is 0 Å². The van der Waals surface area contributed by atoms with Crippen molar-refractivity contribution >= 4 is 39.3 Å². The monoisotopic (exact) mass is 1000 g/mol. The van der Waals surface area contributed by atoms with Gasteiger partial charge in [0, 0.05) is 22.9 Å². The molecule has 0 saturated carbocycles. The number of rotatable bonds is 11. The lowest BCUT2D eigenvalue weighted by Crippen LogP contribution is -2.55. The van der Waals surface area contributed by atoms with Crippen LogP contribution in [-0.2, 0) is 26.5 Å². The number of aliphatic hydroxyl groups is 2. The molecule has 0 aliphatic rings. The minimum absolute atomic E-state index is 0.0662. The summed E-state index contributed by atoms with van der Waals surface area (Å²) in [4.78, 5) is 48.9. The van der Waals surface area contributed by atoms with Crippen molar-refractivity contribution in [3.8, 4) is 11.1 Å². The average molecular weight is 1000 g/mol. The van der Waals surface area contributed by atoms with Crippen molar-refractivity contribution in [3.63, 3.8) is 0 Å². The minimum atomic E-state index is -6.78. The number of nitrogens with one attached hydrogen (secondary N) is 2. The van der Waals surface area contributed by atoms with Crippen LogP contribution in [0.3, 0.4) is 0 Å². The van der Waals surface area contributed by atoms with Gasteiger partial charge in [-0.15, -0.1) is 0 Å². The van der Waals surface area contributed by atoms with Crippen molar-refractivity contribution in [2.45, 2.75) is 106 Å². The molecule has 0 radical (unpaired) electrons. The number of carbonyl (C=O) groups is 4. The molecule has 4 aromatic rings. The fourth-order valence-electron chi connectivity index (χ4n) is 7.05. The molecule has 0 bridgehead atoms. The highest BCUT2D eigenvalue weighted by Crippen LogP contribution is 2.56. The molecule has 0 aliphatic heterocycles. The van der Waals surface area contributed by atoms with Gasteiger partial charge in [-0.2, -0.15) is 52.7 Å². The molecular weight excluding hydrogens is 965 g/mol. The normalized spacial score (nSPS) is 13.4. The zero-order chi connectivity index (χ0) is 52.5. The molecule has 0 unspecified atom stereocenters. The van der Waals surface area contributed by atoms with Crippen LogP contribution in [0.4, 0.5) is 58.4 Å². The second kappa shape index (κ2) is 17.7. The number of carboxylic acid groups (broad SMARTS) is 2. The maximum absolute atomic E-state index is 14.6. The SMILES string of the molecule is Cc1cc(NC(=O)c2ccc(S(=O)(=O)c3ccc(C(=O)NC(C)C)c(C(=O)O)c3)cc2C(=O)O)c(C(O)(C(F)(F)F)C(F)(F)F)cc1-c1cc(C(O)(C(F)(F)F)C(F)(F)F)c(C(C)(C)C)cc1C. The molecule has 0 saturated heterocycles. The van der Waals surface area contributed by atoms with Crippen molar-refractivity contribution in [1.29, 1.82) is 0 Å². The number of hydrogen-bond acceptors (Lipinski definition) is 8. The Bertz CT molecular complexity index is 2800. The van der Waals surface area contributed by atoms with E-state index in [9.17, 15) is 101 Å². The summed E-state index contributed by atoms with van der Waals surface area (Å²) < 4.78 is 201. The van der Waals surface area contributed by atoms with E-state index in [0.717, 1.165) is 46.8 Å².